The number of hydrogen-bond donors (Lipinski definition) is 1. The van der Waals surface area contributed by atoms with Crippen molar-refractivity contribution in [2.75, 3.05) is 20.6 Å². The zero-order valence-electron chi connectivity index (χ0n) is 13.3. The van der Waals surface area contributed by atoms with Gasteiger partial charge in [-0.2, -0.15) is 8.78 Å². The van der Waals surface area contributed by atoms with Crippen molar-refractivity contribution in [3.05, 3.63) is 29.8 Å². The zero-order chi connectivity index (χ0) is 15.8. The first-order chi connectivity index (χ1) is 9.86. The van der Waals surface area contributed by atoms with Crippen molar-refractivity contribution in [2.45, 2.75) is 45.4 Å². The molecule has 0 heterocycles. The van der Waals surface area contributed by atoms with Crippen LogP contribution in [0.4, 0.5) is 8.78 Å². The molecule has 0 aromatic heterocycles. The van der Waals surface area contributed by atoms with Crippen molar-refractivity contribution in [1.29, 1.82) is 0 Å². The lowest BCUT2D eigenvalue weighted by Crippen LogP contribution is -2.40. The van der Waals surface area contributed by atoms with Crippen LogP contribution >= 0.6 is 0 Å². The molecule has 2 atom stereocenters. The molecule has 0 amide bonds. The molecule has 0 saturated heterocycles. The summed E-state index contributed by atoms with van der Waals surface area (Å²) in [5.41, 5.74) is 1.13. The SMILES string of the molecule is CC(CCc1ccc(OC(F)F)cc1)NC(C)CN(C)C. The molecule has 3 nitrogen and oxygen atoms in total. The summed E-state index contributed by atoms with van der Waals surface area (Å²) in [5.74, 6) is 0.208. The molecule has 0 aliphatic carbocycles. The van der Waals surface area contributed by atoms with Crippen molar-refractivity contribution < 1.29 is 13.5 Å². The Balaban J connectivity index is 2.34. The molecule has 0 aliphatic heterocycles. The number of halogens is 2. The standard InChI is InChI=1S/C16H26F2N2O/c1-12(19-13(2)11-20(3)4)5-6-14-7-9-15(10-8-14)21-16(17)18/h7-10,12-13,16,19H,5-6,11H2,1-4H3. The number of likely N-dealkylation sites (N-methyl/N-ethyl adjacent to an activating group) is 1. The fraction of sp³-hybridized carbons (Fsp3) is 0.625. The van der Waals surface area contributed by atoms with Crippen LogP contribution in [0.3, 0.4) is 0 Å². The first-order valence-electron chi connectivity index (χ1n) is 7.31. The first kappa shape index (κ1) is 17.9. The maximum Gasteiger partial charge on any atom is 0.387 e. The highest BCUT2D eigenvalue weighted by Crippen LogP contribution is 2.16. The van der Waals surface area contributed by atoms with E-state index in [1.54, 1.807) is 12.1 Å². The molecule has 0 spiro atoms. The number of hydrogen-bond acceptors (Lipinski definition) is 3. The highest BCUT2D eigenvalue weighted by Gasteiger charge is 2.09. The maximum atomic E-state index is 12.1. The largest absolute Gasteiger partial charge is 0.435 e. The predicted molar refractivity (Wildman–Crippen MR) is 82.0 cm³/mol. The quantitative estimate of drug-likeness (QED) is 0.758. The van der Waals surface area contributed by atoms with Gasteiger partial charge in [0.05, 0.1) is 0 Å². The molecule has 1 aromatic carbocycles. The van der Waals surface area contributed by atoms with E-state index in [4.69, 9.17) is 0 Å². The summed E-state index contributed by atoms with van der Waals surface area (Å²) in [5, 5.41) is 3.55. The van der Waals surface area contributed by atoms with Gasteiger partial charge in [0.2, 0.25) is 0 Å². The van der Waals surface area contributed by atoms with Gasteiger partial charge >= 0.3 is 6.61 Å². The van der Waals surface area contributed by atoms with E-state index >= 15 is 0 Å². The Morgan fingerprint density at radius 2 is 1.71 bits per heavy atom. The first-order valence-corrected chi connectivity index (χ1v) is 7.31. The summed E-state index contributed by atoms with van der Waals surface area (Å²) in [4.78, 5) is 2.16. The summed E-state index contributed by atoms with van der Waals surface area (Å²) in [6.07, 6.45) is 1.92. The van der Waals surface area contributed by atoms with Crippen molar-refractivity contribution in [2.24, 2.45) is 0 Å². The van der Waals surface area contributed by atoms with E-state index in [0.717, 1.165) is 24.9 Å². The highest BCUT2D eigenvalue weighted by molar-refractivity contribution is 5.27. The van der Waals surface area contributed by atoms with E-state index < -0.39 is 6.61 Å². The molecule has 120 valence electrons. The third kappa shape index (κ3) is 7.97. The Labute approximate surface area is 126 Å². The summed E-state index contributed by atoms with van der Waals surface area (Å²) in [6, 6.07) is 7.72. The minimum Gasteiger partial charge on any atom is -0.435 e. The molecule has 0 bridgehead atoms. The molecule has 0 aliphatic rings. The van der Waals surface area contributed by atoms with Gasteiger partial charge in [0.15, 0.2) is 0 Å². The van der Waals surface area contributed by atoms with Crippen molar-refractivity contribution >= 4 is 0 Å². The molecule has 1 N–H and O–H groups in total. The highest BCUT2D eigenvalue weighted by atomic mass is 19.3. The molecule has 0 fully saturated rings. The third-order valence-electron chi connectivity index (χ3n) is 3.22. The second-order valence-electron chi connectivity index (χ2n) is 5.79. The van der Waals surface area contributed by atoms with E-state index in [0.29, 0.717) is 12.1 Å². The maximum absolute atomic E-state index is 12.1. The van der Waals surface area contributed by atoms with Crippen molar-refractivity contribution in [1.82, 2.24) is 10.2 Å². The Morgan fingerprint density at radius 3 is 2.24 bits per heavy atom. The molecule has 2 unspecified atom stereocenters. The van der Waals surface area contributed by atoms with Gasteiger partial charge in [0, 0.05) is 18.6 Å². The fourth-order valence-electron chi connectivity index (χ4n) is 2.39. The molecule has 0 radical (unpaired) electrons. The van der Waals surface area contributed by atoms with Crippen LogP contribution in [0.25, 0.3) is 0 Å². The van der Waals surface area contributed by atoms with Gasteiger partial charge in [-0.15, -0.1) is 0 Å². The number of rotatable bonds is 9. The zero-order valence-corrected chi connectivity index (χ0v) is 13.3. The molecule has 1 rings (SSSR count). The van der Waals surface area contributed by atoms with Gasteiger partial charge in [-0.05, 0) is 58.5 Å². The van der Waals surface area contributed by atoms with Crippen molar-refractivity contribution in [3.63, 3.8) is 0 Å². The minimum atomic E-state index is -2.77. The molecular weight excluding hydrogens is 274 g/mol. The van der Waals surface area contributed by atoms with E-state index in [-0.39, 0.29) is 5.75 Å². The van der Waals surface area contributed by atoms with Gasteiger partial charge < -0.3 is 15.0 Å². The number of alkyl halides is 2. The molecule has 5 heteroatoms. The lowest BCUT2D eigenvalue weighted by atomic mass is 10.1. The Kier molecular flexibility index (Phi) is 7.61. The molecular formula is C16H26F2N2O. The summed E-state index contributed by atoms with van der Waals surface area (Å²) < 4.78 is 28.4. The Bertz CT molecular complexity index is 396. The summed E-state index contributed by atoms with van der Waals surface area (Å²) in [7, 11) is 4.12. The van der Waals surface area contributed by atoms with E-state index in [1.165, 1.54) is 0 Å². The van der Waals surface area contributed by atoms with E-state index in [1.807, 2.05) is 12.1 Å². The summed E-state index contributed by atoms with van der Waals surface area (Å²) in [6.45, 7) is 2.58. The Morgan fingerprint density at radius 1 is 1.10 bits per heavy atom. The smallest absolute Gasteiger partial charge is 0.387 e. The normalized spacial score (nSPS) is 14.5. The number of aryl methyl sites for hydroxylation is 1. The lowest BCUT2D eigenvalue weighted by Gasteiger charge is -2.22. The number of benzene rings is 1. The second kappa shape index (κ2) is 8.95. The Hall–Kier alpha value is -1.20. The van der Waals surface area contributed by atoms with Crippen LogP contribution in [0.2, 0.25) is 0 Å². The van der Waals surface area contributed by atoms with Crippen LogP contribution in [0.5, 0.6) is 5.75 Å². The predicted octanol–water partition coefficient (Wildman–Crippen LogP) is 3.15. The van der Waals surface area contributed by atoms with Crippen LogP contribution in [-0.4, -0.2) is 44.2 Å². The molecule has 0 saturated carbocycles. The lowest BCUT2D eigenvalue weighted by molar-refractivity contribution is -0.0498. The van der Waals surface area contributed by atoms with Gasteiger partial charge in [0.25, 0.3) is 0 Å². The molecule has 1 aromatic rings. The van der Waals surface area contributed by atoms with Crippen LogP contribution < -0.4 is 10.1 Å². The van der Waals surface area contributed by atoms with Gasteiger partial charge in [-0.3, -0.25) is 0 Å². The average molecular weight is 300 g/mol. The van der Waals surface area contributed by atoms with Gasteiger partial charge in [0.1, 0.15) is 5.75 Å². The third-order valence-corrected chi connectivity index (χ3v) is 3.22. The minimum absolute atomic E-state index is 0.208. The fourth-order valence-corrected chi connectivity index (χ4v) is 2.39. The van der Waals surface area contributed by atoms with Crippen LogP contribution in [0.1, 0.15) is 25.8 Å². The van der Waals surface area contributed by atoms with Crippen LogP contribution in [0.15, 0.2) is 24.3 Å². The monoisotopic (exact) mass is 300 g/mol. The van der Waals surface area contributed by atoms with Crippen LogP contribution in [0, 0.1) is 0 Å². The van der Waals surface area contributed by atoms with Crippen LogP contribution in [-0.2, 0) is 6.42 Å². The topological polar surface area (TPSA) is 24.5 Å². The molecule has 21 heavy (non-hydrogen) atoms. The van der Waals surface area contributed by atoms with Gasteiger partial charge in [-0.1, -0.05) is 12.1 Å². The van der Waals surface area contributed by atoms with E-state index in [2.05, 4.69) is 42.9 Å². The van der Waals surface area contributed by atoms with Crippen molar-refractivity contribution in [3.8, 4) is 5.75 Å². The summed E-state index contributed by atoms with van der Waals surface area (Å²) >= 11 is 0. The second-order valence-corrected chi connectivity index (χ2v) is 5.79. The number of nitrogens with one attached hydrogen (secondary N) is 1. The van der Waals surface area contributed by atoms with E-state index in [9.17, 15) is 8.78 Å². The average Bonchev–Trinajstić information content (AvgIpc) is 2.36. The van der Waals surface area contributed by atoms with Gasteiger partial charge in [-0.25, -0.2) is 0 Å². The number of nitrogens with zero attached hydrogens (tertiary/aromatic N) is 1. The number of ether oxygens (including phenoxy) is 1.